The van der Waals surface area contributed by atoms with Crippen molar-refractivity contribution in [1.29, 1.82) is 0 Å². The molecule has 3 aromatic carbocycles. The van der Waals surface area contributed by atoms with Crippen LogP contribution in [0.5, 0.6) is 11.5 Å². The number of aliphatic hydroxyl groups excluding tert-OH is 1. The van der Waals surface area contributed by atoms with E-state index in [0.29, 0.717) is 28.3 Å². The van der Waals surface area contributed by atoms with Crippen LogP contribution in [0, 0.1) is 13.8 Å². The SMILES string of the molecule is COc1ccc(/C(O)=C2\C(=O)C(=O)N(c3cc(C)cc(C)c3)C2c2cccc(OC)c2)cc1. The molecular weight excluding hydrogens is 418 g/mol. The van der Waals surface area contributed by atoms with E-state index in [1.807, 2.05) is 38.1 Å². The number of aryl methyl sites for hydroxylation is 2. The molecule has 0 aliphatic carbocycles. The second-order valence-electron chi connectivity index (χ2n) is 8.02. The maximum Gasteiger partial charge on any atom is 0.300 e. The molecule has 1 heterocycles. The molecule has 0 bridgehead atoms. The first kappa shape index (κ1) is 22.1. The van der Waals surface area contributed by atoms with E-state index in [2.05, 4.69) is 0 Å². The highest BCUT2D eigenvalue weighted by atomic mass is 16.5. The van der Waals surface area contributed by atoms with Gasteiger partial charge >= 0.3 is 0 Å². The van der Waals surface area contributed by atoms with Gasteiger partial charge in [-0.1, -0.05) is 18.2 Å². The molecule has 0 spiro atoms. The van der Waals surface area contributed by atoms with Crippen molar-refractivity contribution in [2.75, 3.05) is 19.1 Å². The van der Waals surface area contributed by atoms with Crippen LogP contribution in [0.1, 0.15) is 28.3 Å². The highest BCUT2D eigenvalue weighted by Crippen LogP contribution is 2.43. The predicted octanol–water partition coefficient (Wildman–Crippen LogP) is 4.95. The van der Waals surface area contributed by atoms with E-state index >= 15 is 0 Å². The molecule has 1 saturated heterocycles. The van der Waals surface area contributed by atoms with Gasteiger partial charge in [-0.3, -0.25) is 14.5 Å². The molecular formula is C27H25NO5. The average molecular weight is 443 g/mol. The molecule has 6 nitrogen and oxygen atoms in total. The quantitative estimate of drug-likeness (QED) is 0.343. The van der Waals surface area contributed by atoms with Crippen LogP contribution in [0.25, 0.3) is 5.76 Å². The van der Waals surface area contributed by atoms with Crippen molar-refractivity contribution in [2.24, 2.45) is 0 Å². The fourth-order valence-electron chi connectivity index (χ4n) is 4.22. The third-order valence-corrected chi connectivity index (χ3v) is 5.70. The number of Topliss-reactive ketones (excluding diaryl/α,β-unsaturated/α-hetero) is 1. The molecule has 1 unspecified atom stereocenters. The smallest absolute Gasteiger partial charge is 0.300 e. The van der Waals surface area contributed by atoms with E-state index in [9.17, 15) is 14.7 Å². The van der Waals surface area contributed by atoms with Gasteiger partial charge in [0.2, 0.25) is 0 Å². The summed E-state index contributed by atoms with van der Waals surface area (Å²) in [5.41, 5.74) is 3.62. The van der Waals surface area contributed by atoms with Crippen molar-refractivity contribution in [1.82, 2.24) is 0 Å². The van der Waals surface area contributed by atoms with E-state index in [1.165, 1.54) is 4.90 Å². The summed E-state index contributed by atoms with van der Waals surface area (Å²) >= 11 is 0. The lowest BCUT2D eigenvalue weighted by molar-refractivity contribution is -0.132. The van der Waals surface area contributed by atoms with Gasteiger partial charge in [0.1, 0.15) is 17.3 Å². The van der Waals surface area contributed by atoms with Crippen LogP contribution in [0.15, 0.2) is 72.3 Å². The third-order valence-electron chi connectivity index (χ3n) is 5.70. The van der Waals surface area contributed by atoms with Gasteiger partial charge in [0.05, 0.1) is 25.8 Å². The van der Waals surface area contributed by atoms with Crippen LogP contribution < -0.4 is 14.4 Å². The Labute approximate surface area is 192 Å². The number of amides is 1. The summed E-state index contributed by atoms with van der Waals surface area (Å²) < 4.78 is 10.6. The summed E-state index contributed by atoms with van der Waals surface area (Å²) in [6, 6.07) is 18.8. The topological polar surface area (TPSA) is 76.1 Å². The third kappa shape index (κ3) is 4.07. The molecule has 1 aliphatic rings. The first-order chi connectivity index (χ1) is 15.8. The number of hydrogen-bond acceptors (Lipinski definition) is 5. The Balaban J connectivity index is 1.95. The van der Waals surface area contributed by atoms with E-state index in [4.69, 9.17) is 9.47 Å². The first-order valence-corrected chi connectivity index (χ1v) is 10.5. The summed E-state index contributed by atoms with van der Waals surface area (Å²) in [7, 11) is 3.10. The number of carbonyl (C=O) groups is 2. The molecule has 1 fully saturated rings. The Hall–Kier alpha value is -4.06. The molecule has 1 aliphatic heterocycles. The van der Waals surface area contributed by atoms with E-state index in [-0.39, 0.29) is 11.3 Å². The van der Waals surface area contributed by atoms with Crippen molar-refractivity contribution in [3.8, 4) is 11.5 Å². The fraction of sp³-hybridized carbons (Fsp3) is 0.185. The molecule has 1 N–H and O–H groups in total. The lowest BCUT2D eigenvalue weighted by atomic mass is 9.94. The van der Waals surface area contributed by atoms with Crippen molar-refractivity contribution >= 4 is 23.1 Å². The molecule has 0 saturated carbocycles. The van der Waals surface area contributed by atoms with E-state index < -0.39 is 17.7 Å². The van der Waals surface area contributed by atoms with Crippen molar-refractivity contribution in [3.05, 3.63) is 94.6 Å². The van der Waals surface area contributed by atoms with Crippen LogP contribution >= 0.6 is 0 Å². The standard InChI is InChI=1S/C27H25NO5/c1-16-12-17(2)14-20(13-16)28-24(19-6-5-7-22(15-19)33-4)23(26(30)27(28)31)25(29)18-8-10-21(32-3)11-9-18/h5-15,24,29H,1-4H3/b25-23+. The largest absolute Gasteiger partial charge is 0.507 e. The number of aliphatic hydroxyl groups is 1. The molecule has 1 amide bonds. The van der Waals surface area contributed by atoms with Gasteiger partial charge in [0.15, 0.2) is 0 Å². The van der Waals surface area contributed by atoms with Crippen molar-refractivity contribution in [3.63, 3.8) is 0 Å². The Kier molecular flexibility index (Phi) is 5.92. The number of carbonyl (C=O) groups excluding carboxylic acids is 2. The Morgan fingerprint density at radius 2 is 1.48 bits per heavy atom. The highest BCUT2D eigenvalue weighted by molar-refractivity contribution is 6.51. The van der Waals surface area contributed by atoms with Gasteiger partial charge in [0.25, 0.3) is 11.7 Å². The zero-order chi connectivity index (χ0) is 23.7. The Bertz CT molecular complexity index is 1240. The summed E-state index contributed by atoms with van der Waals surface area (Å²) in [6.07, 6.45) is 0. The van der Waals surface area contributed by atoms with E-state index in [0.717, 1.165) is 11.1 Å². The molecule has 33 heavy (non-hydrogen) atoms. The van der Waals surface area contributed by atoms with Gasteiger partial charge in [-0.25, -0.2) is 0 Å². The number of anilines is 1. The fourth-order valence-corrected chi connectivity index (χ4v) is 4.22. The van der Waals surface area contributed by atoms with Gasteiger partial charge in [-0.05, 0) is 79.1 Å². The zero-order valence-electron chi connectivity index (χ0n) is 19.0. The molecule has 3 aromatic rings. The number of nitrogens with zero attached hydrogens (tertiary/aromatic N) is 1. The minimum absolute atomic E-state index is 0.0255. The molecule has 6 heteroatoms. The van der Waals surface area contributed by atoms with Gasteiger partial charge in [-0.2, -0.15) is 0 Å². The Morgan fingerprint density at radius 3 is 2.09 bits per heavy atom. The number of benzene rings is 3. The molecule has 0 radical (unpaired) electrons. The molecule has 1 atom stereocenters. The lowest BCUT2D eigenvalue weighted by Gasteiger charge is -2.26. The predicted molar refractivity (Wildman–Crippen MR) is 127 cm³/mol. The number of rotatable bonds is 5. The average Bonchev–Trinajstić information content (AvgIpc) is 3.08. The maximum atomic E-state index is 13.3. The second kappa shape index (κ2) is 8.82. The number of hydrogen-bond donors (Lipinski definition) is 1. The van der Waals surface area contributed by atoms with Gasteiger partial charge in [-0.15, -0.1) is 0 Å². The summed E-state index contributed by atoms with van der Waals surface area (Å²) in [4.78, 5) is 28.0. The summed E-state index contributed by atoms with van der Waals surface area (Å²) in [6.45, 7) is 3.87. The number of ether oxygens (including phenoxy) is 2. The monoisotopic (exact) mass is 443 g/mol. The molecule has 168 valence electrons. The first-order valence-electron chi connectivity index (χ1n) is 10.5. The summed E-state index contributed by atoms with van der Waals surface area (Å²) in [5, 5.41) is 11.2. The van der Waals surface area contributed by atoms with Crippen LogP contribution in [-0.2, 0) is 9.59 Å². The lowest BCUT2D eigenvalue weighted by Crippen LogP contribution is -2.29. The van der Waals surface area contributed by atoms with Crippen LogP contribution in [0.3, 0.4) is 0 Å². The van der Waals surface area contributed by atoms with Gasteiger partial charge < -0.3 is 14.6 Å². The Morgan fingerprint density at radius 1 is 0.848 bits per heavy atom. The zero-order valence-corrected chi connectivity index (χ0v) is 19.0. The van der Waals surface area contributed by atoms with Crippen LogP contribution in [-0.4, -0.2) is 31.0 Å². The van der Waals surface area contributed by atoms with Crippen LogP contribution in [0.4, 0.5) is 5.69 Å². The van der Waals surface area contributed by atoms with Crippen molar-refractivity contribution in [2.45, 2.75) is 19.9 Å². The van der Waals surface area contributed by atoms with Crippen LogP contribution in [0.2, 0.25) is 0 Å². The highest BCUT2D eigenvalue weighted by Gasteiger charge is 2.47. The summed E-state index contributed by atoms with van der Waals surface area (Å²) in [5.74, 6) is -0.469. The van der Waals surface area contributed by atoms with Gasteiger partial charge in [0, 0.05) is 11.3 Å². The molecule has 4 rings (SSSR count). The minimum atomic E-state index is -0.816. The normalized spacial score (nSPS) is 17.3. The number of methoxy groups -OCH3 is 2. The van der Waals surface area contributed by atoms with Crippen molar-refractivity contribution < 1.29 is 24.2 Å². The number of ketones is 1. The maximum absolute atomic E-state index is 13.3. The van der Waals surface area contributed by atoms with E-state index in [1.54, 1.807) is 56.7 Å². The second-order valence-corrected chi connectivity index (χ2v) is 8.02. The minimum Gasteiger partial charge on any atom is -0.507 e. The molecule has 0 aromatic heterocycles.